The molecule has 7 nitrogen and oxygen atoms in total. The van der Waals surface area contributed by atoms with Crippen LogP contribution in [0.5, 0.6) is 0 Å². The monoisotopic (exact) mass is 473 g/mol. The predicted molar refractivity (Wildman–Crippen MR) is 122 cm³/mol. The summed E-state index contributed by atoms with van der Waals surface area (Å²) in [5.74, 6) is -2.62. The van der Waals surface area contributed by atoms with Gasteiger partial charge in [-0.3, -0.25) is 14.4 Å². The second-order valence-corrected chi connectivity index (χ2v) is 9.43. The Morgan fingerprint density at radius 2 is 2.06 bits per heavy atom. The zero-order valence-corrected chi connectivity index (χ0v) is 19.2. The predicted octanol–water partition coefficient (Wildman–Crippen LogP) is 4.34. The van der Waals surface area contributed by atoms with Crippen molar-refractivity contribution in [2.45, 2.75) is 32.9 Å². The van der Waals surface area contributed by atoms with Crippen LogP contribution in [0.25, 0.3) is 6.08 Å². The molecule has 3 N–H and O–H groups in total. The Hall–Kier alpha value is -2.94. The summed E-state index contributed by atoms with van der Waals surface area (Å²) in [6.45, 7) is 5.27. The maximum absolute atomic E-state index is 14.6. The van der Waals surface area contributed by atoms with Crippen LogP contribution in [0, 0.1) is 17.2 Å². The topological polar surface area (TPSA) is 90.9 Å². The fourth-order valence-electron chi connectivity index (χ4n) is 4.07. The van der Waals surface area contributed by atoms with E-state index < -0.39 is 28.7 Å². The maximum Gasteiger partial charge on any atom is 0.308 e. The van der Waals surface area contributed by atoms with Gasteiger partial charge in [-0.15, -0.1) is 0 Å². The molecule has 0 aromatic heterocycles. The molecule has 2 aliphatic rings. The first-order chi connectivity index (χ1) is 15.5. The van der Waals surface area contributed by atoms with Gasteiger partial charge in [0.15, 0.2) is 0 Å². The summed E-state index contributed by atoms with van der Waals surface area (Å²) in [4.78, 5) is 29.8. The lowest BCUT2D eigenvalue weighted by Gasteiger charge is -2.35. The Kier molecular flexibility index (Phi) is 5.94. The van der Waals surface area contributed by atoms with Gasteiger partial charge < -0.3 is 10.5 Å². The van der Waals surface area contributed by atoms with Crippen molar-refractivity contribution in [3.05, 3.63) is 70.0 Å². The van der Waals surface area contributed by atoms with E-state index in [1.54, 1.807) is 26.8 Å². The van der Waals surface area contributed by atoms with Crippen molar-refractivity contribution in [2.75, 3.05) is 12.0 Å². The molecule has 174 valence electrons. The molecule has 1 saturated heterocycles. The van der Waals surface area contributed by atoms with Crippen LogP contribution >= 0.6 is 11.6 Å². The number of hydroxylamine groups is 2. The van der Waals surface area contributed by atoms with E-state index in [1.165, 1.54) is 6.07 Å². The van der Waals surface area contributed by atoms with E-state index in [4.69, 9.17) is 16.4 Å². The highest BCUT2D eigenvalue weighted by atomic mass is 35.5. The van der Waals surface area contributed by atoms with E-state index in [2.05, 4.69) is 10.9 Å². The number of aliphatic carboxylic acids is 1. The second-order valence-electron chi connectivity index (χ2n) is 9.02. The van der Waals surface area contributed by atoms with E-state index in [-0.39, 0.29) is 29.6 Å². The molecule has 2 aromatic carbocycles. The average Bonchev–Trinajstić information content (AvgIpc) is 3.27. The minimum atomic E-state index is -1.06. The smallest absolute Gasteiger partial charge is 0.308 e. The Labute approximate surface area is 196 Å². The number of hydrogen-bond acceptors (Lipinski definition) is 5. The molecule has 2 aromatic rings. The zero-order chi connectivity index (χ0) is 24.0. The van der Waals surface area contributed by atoms with Gasteiger partial charge in [-0.2, -0.15) is 0 Å². The van der Waals surface area contributed by atoms with Gasteiger partial charge in [0.1, 0.15) is 5.82 Å². The third-order valence-corrected chi connectivity index (χ3v) is 6.54. The summed E-state index contributed by atoms with van der Waals surface area (Å²) in [5, 5.41) is 11.0. The third kappa shape index (κ3) is 4.10. The number of carboxylic acid groups (broad SMARTS) is 1. The highest BCUT2D eigenvalue weighted by Gasteiger charge is 2.44. The molecule has 2 atom stereocenters. The molecular formula is C24H25ClFN3O4. The Morgan fingerprint density at radius 1 is 1.33 bits per heavy atom. The van der Waals surface area contributed by atoms with Gasteiger partial charge in [0.2, 0.25) is 0 Å². The number of amides is 1. The van der Waals surface area contributed by atoms with E-state index in [9.17, 15) is 19.1 Å². The molecular weight excluding hydrogens is 449 g/mol. The van der Waals surface area contributed by atoms with Crippen molar-refractivity contribution < 1.29 is 23.9 Å². The van der Waals surface area contributed by atoms with E-state index in [0.717, 1.165) is 22.3 Å². The fourth-order valence-corrected chi connectivity index (χ4v) is 4.27. The van der Waals surface area contributed by atoms with Crippen LogP contribution in [0.4, 0.5) is 10.1 Å². The number of carbonyl (C=O) groups is 2. The van der Waals surface area contributed by atoms with Crippen LogP contribution in [0.1, 0.15) is 37.5 Å². The number of benzene rings is 2. The van der Waals surface area contributed by atoms with Gasteiger partial charge in [0.25, 0.3) is 5.91 Å². The number of hydrogen-bond donors (Lipinski definition) is 3. The van der Waals surface area contributed by atoms with Crippen LogP contribution in [0.2, 0.25) is 5.02 Å². The fraction of sp³-hybridized carbons (Fsp3) is 0.333. The van der Waals surface area contributed by atoms with Crippen LogP contribution in [0.15, 0.2) is 42.5 Å². The summed E-state index contributed by atoms with van der Waals surface area (Å²) in [5.41, 5.74) is 6.61. The summed E-state index contributed by atoms with van der Waals surface area (Å²) in [7, 11) is 0. The minimum absolute atomic E-state index is 0.0840. The molecule has 0 radical (unpaired) electrons. The third-order valence-electron chi connectivity index (χ3n) is 6.23. The van der Waals surface area contributed by atoms with Crippen LogP contribution in [-0.2, 0) is 26.5 Å². The SMILES string of the molecule is CC(C(=O)O)C1(NNc2cc(CN3OCC(C)(C)C3=O)c(F)cc2Cl)C=Cc2ccccc21. The molecule has 33 heavy (non-hydrogen) atoms. The molecule has 1 aliphatic carbocycles. The highest BCUT2D eigenvalue weighted by molar-refractivity contribution is 6.33. The quantitative estimate of drug-likeness (QED) is 0.518. The van der Waals surface area contributed by atoms with Crippen molar-refractivity contribution in [1.82, 2.24) is 10.5 Å². The number of nitrogens with zero attached hydrogens (tertiary/aromatic N) is 1. The van der Waals surface area contributed by atoms with Crippen molar-refractivity contribution >= 4 is 35.2 Å². The van der Waals surface area contributed by atoms with Crippen LogP contribution < -0.4 is 10.9 Å². The van der Waals surface area contributed by atoms with E-state index in [1.807, 2.05) is 30.3 Å². The van der Waals surface area contributed by atoms with Gasteiger partial charge in [-0.05, 0) is 44.0 Å². The number of carbonyl (C=O) groups excluding carboxylic acids is 1. The summed E-state index contributed by atoms with van der Waals surface area (Å²) in [6, 6.07) is 10.1. The Balaban J connectivity index is 1.61. The second kappa shape index (κ2) is 8.44. The summed E-state index contributed by atoms with van der Waals surface area (Å²) < 4.78 is 14.6. The molecule has 2 unspecified atom stereocenters. The van der Waals surface area contributed by atoms with Gasteiger partial charge >= 0.3 is 5.97 Å². The number of carboxylic acids is 1. The average molecular weight is 474 g/mol. The number of hydrazine groups is 1. The zero-order valence-electron chi connectivity index (χ0n) is 18.5. The Bertz CT molecular complexity index is 1150. The number of anilines is 1. The molecule has 1 aliphatic heterocycles. The van der Waals surface area contributed by atoms with Crippen LogP contribution in [-0.4, -0.2) is 28.7 Å². The van der Waals surface area contributed by atoms with E-state index in [0.29, 0.717) is 5.69 Å². The molecule has 0 bridgehead atoms. The van der Waals surface area contributed by atoms with E-state index >= 15 is 0 Å². The first-order valence-electron chi connectivity index (χ1n) is 10.5. The van der Waals surface area contributed by atoms with Crippen molar-refractivity contribution in [1.29, 1.82) is 0 Å². The molecule has 9 heteroatoms. The molecule has 0 saturated carbocycles. The van der Waals surface area contributed by atoms with Gasteiger partial charge in [0.05, 0.1) is 40.7 Å². The van der Waals surface area contributed by atoms with Gasteiger partial charge in [0, 0.05) is 5.56 Å². The minimum Gasteiger partial charge on any atom is -0.481 e. The summed E-state index contributed by atoms with van der Waals surface area (Å²) >= 11 is 6.28. The lowest BCUT2D eigenvalue weighted by atomic mass is 9.81. The molecule has 1 fully saturated rings. The maximum atomic E-state index is 14.6. The largest absolute Gasteiger partial charge is 0.481 e. The number of nitrogens with one attached hydrogen (secondary N) is 2. The number of rotatable bonds is 7. The highest BCUT2D eigenvalue weighted by Crippen LogP contribution is 2.40. The lowest BCUT2D eigenvalue weighted by molar-refractivity contribution is -0.165. The number of fused-ring (bicyclic) bond motifs is 1. The standard InChI is InChI=1S/C24H25ClFN3O4/c1-14(21(30)31)24(9-8-15-6-4-5-7-17(15)24)28-27-20-10-16(19(26)11-18(20)25)12-29-22(32)23(2,3)13-33-29/h4-11,14,27-28H,12-13H2,1-3H3,(H,30,31). The lowest BCUT2D eigenvalue weighted by Crippen LogP contribution is -2.50. The summed E-state index contributed by atoms with van der Waals surface area (Å²) in [6.07, 6.45) is 3.65. The van der Waals surface area contributed by atoms with Crippen LogP contribution in [0.3, 0.4) is 0 Å². The van der Waals surface area contributed by atoms with Crippen molar-refractivity contribution in [3.63, 3.8) is 0 Å². The first-order valence-corrected chi connectivity index (χ1v) is 10.9. The molecule has 1 heterocycles. The molecule has 0 spiro atoms. The van der Waals surface area contributed by atoms with Crippen molar-refractivity contribution in [3.8, 4) is 0 Å². The molecule has 4 rings (SSSR count). The first kappa shape index (κ1) is 23.2. The van der Waals surface area contributed by atoms with Gasteiger partial charge in [-0.25, -0.2) is 14.9 Å². The van der Waals surface area contributed by atoms with Gasteiger partial charge in [-0.1, -0.05) is 48.0 Å². The number of halogens is 2. The normalized spacial score (nSPS) is 21.8. The Morgan fingerprint density at radius 3 is 2.73 bits per heavy atom. The van der Waals surface area contributed by atoms with Crippen molar-refractivity contribution in [2.24, 2.45) is 11.3 Å². The molecule has 1 amide bonds.